The highest BCUT2D eigenvalue weighted by Crippen LogP contribution is 2.29. The van der Waals surface area contributed by atoms with Gasteiger partial charge in [0.15, 0.2) is 0 Å². The number of rotatable bonds is 2. The van der Waals surface area contributed by atoms with Gasteiger partial charge in [-0.15, -0.1) is 0 Å². The lowest BCUT2D eigenvalue weighted by atomic mass is 9.87. The third-order valence-electron chi connectivity index (χ3n) is 4.06. The van der Waals surface area contributed by atoms with E-state index in [1.165, 1.54) is 5.56 Å². The molecule has 1 amide bonds. The fraction of sp³-hybridized carbons (Fsp3) is 0.533. The van der Waals surface area contributed by atoms with Crippen LogP contribution in [0.25, 0.3) is 0 Å². The molecule has 0 bridgehead atoms. The summed E-state index contributed by atoms with van der Waals surface area (Å²) in [6.07, 6.45) is 1.77. The van der Waals surface area contributed by atoms with Gasteiger partial charge < -0.3 is 10.6 Å². The normalized spacial score (nSPS) is 15.4. The molecule has 1 aliphatic heterocycles. The smallest absolute Gasteiger partial charge is 0.228 e. The lowest BCUT2D eigenvalue weighted by molar-refractivity contribution is -0.141. The second-order valence-corrected chi connectivity index (χ2v) is 5.70. The molecule has 1 aromatic carbocycles. The van der Waals surface area contributed by atoms with Gasteiger partial charge in [0.05, 0.1) is 0 Å². The van der Waals surface area contributed by atoms with Crippen molar-refractivity contribution in [2.24, 2.45) is 5.41 Å². The van der Waals surface area contributed by atoms with Crippen LogP contribution in [0.1, 0.15) is 38.3 Å². The van der Waals surface area contributed by atoms with Crippen molar-refractivity contribution >= 4 is 11.6 Å². The number of hydrogen-bond acceptors (Lipinski definition) is 2. The van der Waals surface area contributed by atoms with Crippen LogP contribution in [0, 0.1) is 5.41 Å². The minimum Gasteiger partial charge on any atom is -0.398 e. The van der Waals surface area contributed by atoms with Crippen LogP contribution < -0.4 is 5.73 Å². The Morgan fingerprint density at radius 3 is 2.83 bits per heavy atom. The lowest BCUT2D eigenvalue weighted by Gasteiger charge is -2.35. The Balaban J connectivity index is 2.22. The molecule has 3 nitrogen and oxygen atoms in total. The molecule has 1 aliphatic rings. The van der Waals surface area contributed by atoms with Gasteiger partial charge in [-0.05, 0) is 30.0 Å². The number of anilines is 1. The summed E-state index contributed by atoms with van der Waals surface area (Å²) in [5, 5.41) is 0. The molecule has 0 saturated carbocycles. The lowest BCUT2D eigenvalue weighted by Crippen LogP contribution is -2.43. The van der Waals surface area contributed by atoms with E-state index in [9.17, 15) is 4.79 Å². The molecule has 0 saturated heterocycles. The van der Waals surface area contributed by atoms with Crippen LogP contribution >= 0.6 is 0 Å². The molecule has 0 fully saturated rings. The summed E-state index contributed by atoms with van der Waals surface area (Å²) in [5.74, 6) is 0.235. The van der Waals surface area contributed by atoms with Crippen molar-refractivity contribution in [2.45, 2.75) is 40.2 Å². The van der Waals surface area contributed by atoms with Crippen LogP contribution in [0.2, 0.25) is 0 Å². The zero-order valence-corrected chi connectivity index (χ0v) is 11.5. The van der Waals surface area contributed by atoms with E-state index < -0.39 is 0 Å². The average molecular weight is 246 g/mol. The van der Waals surface area contributed by atoms with E-state index in [4.69, 9.17) is 5.73 Å². The molecule has 1 aromatic rings. The third kappa shape index (κ3) is 2.22. The first-order chi connectivity index (χ1) is 8.45. The molecule has 0 aliphatic carbocycles. The standard InChI is InChI=1S/C15H22N2O/c1-4-15(2,3)14(18)17-9-8-11-6-5-7-13(16)12(11)10-17/h5-7H,4,8-10,16H2,1-3H3. The van der Waals surface area contributed by atoms with Gasteiger partial charge in [-0.2, -0.15) is 0 Å². The Morgan fingerprint density at radius 2 is 2.17 bits per heavy atom. The molecule has 18 heavy (non-hydrogen) atoms. The Hall–Kier alpha value is -1.51. The van der Waals surface area contributed by atoms with Crippen molar-refractivity contribution in [1.29, 1.82) is 0 Å². The second-order valence-electron chi connectivity index (χ2n) is 5.70. The van der Waals surface area contributed by atoms with E-state index in [1.807, 2.05) is 30.9 Å². The van der Waals surface area contributed by atoms with E-state index in [1.54, 1.807) is 0 Å². The van der Waals surface area contributed by atoms with E-state index in [-0.39, 0.29) is 11.3 Å². The maximum absolute atomic E-state index is 12.5. The van der Waals surface area contributed by atoms with Crippen molar-refractivity contribution in [2.75, 3.05) is 12.3 Å². The molecule has 0 spiro atoms. The largest absolute Gasteiger partial charge is 0.398 e. The van der Waals surface area contributed by atoms with Crippen molar-refractivity contribution in [3.8, 4) is 0 Å². The van der Waals surface area contributed by atoms with Gasteiger partial charge in [0.1, 0.15) is 0 Å². The van der Waals surface area contributed by atoms with E-state index in [0.717, 1.165) is 30.6 Å². The molecule has 1 heterocycles. The summed E-state index contributed by atoms with van der Waals surface area (Å²) >= 11 is 0. The van der Waals surface area contributed by atoms with Crippen LogP contribution in [-0.4, -0.2) is 17.4 Å². The number of carbonyl (C=O) groups excluding carboxylic acids is 1. The summed E-state index contributed by atoms with van der Waals surface area (Å²) in [7, 11) is 0. The van der Waals surface area contributed by atoms with E-state index in [2.05, 4.69) is 13.0 Å². The summed E-state index contributed by atoms with van der Waals surface area (Å²) < 4.78 is 0. The number of carbonyl (C=O) groups is 1. The van der Waals surface area contributed by atoms with Crippen LogP contribution in [0.5, 0.6) is 0 Å². The molecule has 3 heteroatoms. The molecule has 0 unspecified atom stereocenters. The van der Waals surface area contributed by atoms with Crippen molar-refractivity contribution in [3.05, 3.63) is 29.3 Å². The summed E-state index contributed by atoms with van der Waals surface area (Å²) in [6.45, 7) is 7.55. The quantitative estimate of drug-likeness (QED) is 0.815. The van der Waals surface area contributed by atoms with Crippen LogP contribution in [0.15, 0.2) is 18.2 Å². The fourth-order valence-electron chi connectivity index (χ4n) is 2.36. The van der Waals surface area contributed by atoms with Gasteiger partial charge in [-0.25, -0.2) is 0 Å². The van der Waals surface area contributed by atoms with Gasteiger partial charge in [0.2, 0.25) is 5.91 Å². The molecule has 0 atom stereocenters. The molecular formula is C15H22N2O. The monoisotopic (exact) mass is 246 g/mol. The average Bonchev–Trinajstić information content (AvgIpc) is 2.38. The minimum atomic E-state index is -0.277. The number of fused-ring (bicyclic) bond motifs is 1. The van der Waals surface area contributed by atoms with Crippen LogP contribution in [0.3, 0.4) is 0 Å². The maximum Gasteiger partial charge on any atom is 0.228 e. The first-order valence-electron chi connectivity index (χ1n) is 6.61. The van der Waals surface area contributed by atoms with Crippen molar-refractivity contribution < 1.29 is 4.79 Å². The number of amides is 1. The fourth-order valence-corrected chi connectivity index (χ4v) is 2.36. The summed E-state index contributed by atoms with van der Waals surface area (Å²) in [6, 6.07) is 6.01. The first kappa shape index (κ1) is 12.9. The summed E-state index contributed by atoms with van der Waals surface area (Å²) in [5.41, 5.74) is 8.95. The zero-order chi connectivity index (χ0) is 13.3. The van der Waals surface area contributed by atoms with E-state index in [0.29, 0.717) is 6.54 Å². The Kier molecular flexibility index (Phi) is 3.33. The highest BCUT2D eigenvalue weighted by Gasteiger charge is 2.32. The highest BCUT2D eigenvalue weighted by molar-refractivity contribution is 5.82. The minimum absolute atomic E-state index is 0.235. The second kappa shape index (κ2) is 4.63. The number of nitrogen functional groups attached to an aromatic ring is 1. The molecular weight excluding hydrogens is 224 g/mol. The number of nitrogens with zero attached hydrogens (tertiary/aromatic N) is 1. The van der Waals surface area contributed by atoms with Gasteiger partial charge in [0.25, 0.3) is 0 Å². The van der Waals surface area contributed by atoms with Gasteiger partial charge in [0, 0.05) is 24.2 Å². The van der Waals surface area contributed by atoms with Gasteiger partial charge in [-0.3, -0.25) is 4.79 Å². The zero-order valence-electron chi connectivity index (χ0n) is 11.5. The highest BCUT2D eigenvalue weighted by atomic mass is 16.2. The number of benzene rings is 1. The first-order valence-corrected chi connectivity index (χ1v) is 6.61. The SMILES string of the molecule is CCC(C)(C)C(=O)N1CCc2cccc(N)c2C1. The number of nitrogens with two attached hydrogens (primary N) is 1. The summed E-state index contributed by atoms with van der Waals surface area (Å²) in [4.78, 5) is 14.4. The van der Waals surface area contributed by atoms with Gasteiger partial charge in [-0.1, -0.05) is 32.9 Å². The maximum atomic E-state index is 12.5. The van der Waals surface area contributed by atoms with Crippen molar-refractivity contribution in [1.82, 2.24) is 4.90 Å². The predicted molar refractivity (Wildman–Crippen MR) is 74.0 cm³/mol. The Bertz CT molecular complexity index is 466. The molecule has 98 valence electrons. The Morgan fingerprint density at radius 1 is 1.44 bits per heavy atom. The third-order valence-corrected chi connectivity index (χ3v) is 4.06. The van der Waals surface area contributed by atoms with Crippen molar-refractivity contribution in [3.63, 3.8) is 0 Å². The topological polar surface area (TPSA) is 46.3 Å². The Labute approximate surface area is 109 Å². The van der Waals surface area contributed by atoms with Crippen LogP contribution in [-0.2, 0) is 17.8 Å². The van der Waals surface area contributed by atoms with E-state index >= 15 is 0 Å². The van der Waals surface area contributed by atoms with Crippen LogP contribution in [0.4, 0.5) is 5.69 Å². The molecule has 2 N–H and O–H groups in total. The molecule has 2 rings (SSSR count). The van der Waals surface area contributed by atoms with Gasteiger partial charge >= 0.3 is 0 Å². The molecule has 0 radical (unpaired) electrons. The predicted octanol–water partition coefficient (Wildman–Crippen LogP) is 2.59. The number of hydrogen-bond donors (Lipinski definition) is 1. The molecule has 0 aromatic heterocycles.